The topological polar surface area (TPSA) is 57.5 Å². The third-order valence-electron chi connectivity index (χ3n) is 8.25. The Hall–Kier alpha value is -2.03. The molecule has 0 amide bonds. The predicted octanol–water partition coefficient (Wildman–Crippen LogP) is 7.16. The zero-order valence-electron chi connectivity index (χ0n) is 19.0. The molecule has 1 aromatic rings. The van der Waals surface area contributed by atoms with Gasteiger partial charge in [0, 0.05) is 0 Å². The van der Waals surface area contributed by atoms with Crippen LogP contribution in [0.3, 0.4) is 0 Å². The van der Waals surface area contributed by atoms with Crippen molar-refractivity contribution in [2.24, 2.45) is 22.7 Å². The number of aromatic hydroxyl groups is 1. The van der Waals surface area contributed by atoms with Crippen molar-refractivity contribution >= 4 is 5.97 Å². The SMILES string of the molecule is C=C(C)CCC[C@@]1(C)CCC[C@@]2(C)[C@H](Cc3cc(C(=O)O)ccc3O)C(=C)CC[C@H]12. The normalized spacial score (nSPS) is 31.2. The van der Waals surface area contributed by atoms with Crippen LogP contribution in [0, 0.1) is 22.7 Å². The largest absolute Gasteiger partial charge is 0.508 e. The maximum absolute atomic E-state index is 11.4. The maximum atomic E-state index is 11.4. The van der Waals surface area contributed by atoms with Gasteiger partial charge in [0.2, 0.25) is 0 Å². The molecule has 2 aliphatic carbocycles. The number of carbonyl (C=O) groups is 1. The van der Waals surface area contributed by atoms with Gasteiger partial charge in [-0.2, -0.15) is 0 Å². The number of benzene rings is 1. The van der Waals surface area contributed by atoms with Gasteiger partial charge >= 0.3 is 5.97 Å². The fraction of sp³-hybridized carbons (Fsp3) is 0.593. The van der Waals surface area contributed by atoms with E-state index in [0.29, 0.717) is 17.8 Å². The van der Waals surface area contributed by atoms with Crippen molar-refractivity contribution in [3.05, 3.63) is 53.6 Å². The number of allylic oxidation sites excluding steroid dienone is 2. The second-order valence-corrected chi connectivity index (χ2v) is 10.5. The van der Waals surface area contributed by atoms with Crippen molar-refractivity contribution in [3.8, 4) is 5.75 Å². The molecule has 2 aliphatic rings. The van der Waals surface area contributed by atoms with Crippen molar-refractivity contribution < 1.29 is 15.0 Å². The van der Waals surface area contributed by atoms with Gasteiger partial charge in [-0.05, 0) is 105 Å². The first kappa shape index (κ1) is 22.7. The predicted molar refractivity (Wildman–Crippen MR) is 123 cm³/mol. The van der Waals surface area contributed by atoms with Crippen LogP contribution in [0.25, 0.3) is 0 Å². The molecule has 3 rings (SSSR count). The van der Waals surface area contributed by atoms with Crippen molar-refractivity contribution in [3.63, 3.8) is 0 Å². The molecule has 30 heavy (non-hydrogen) atoms. The van der Waals surface area contributed by atoms with Crippen LogP contribution in [0.1, 0.15) is 88.1 Å². The van der Waals surface area contributed by atoms with Gasteiger partial charge in [0.1, 0.15) is 5.75 Å². The quantitative estimate of drug-likeness (QED) is 0.469. The van der Waals surface area contributed by atoms with Gasteiger partial charge in [-0.1, -0.05) is 38.0 Å². The van der Waals surface area contributed by atoms with Gasteiger partial charge < -0.3 is 10.2 Å². The monoisotopic (exact) mass is 410 g/mol. The van der Waals surface area contributed by atoms with Crippen molar-refractivity contribution in [2.45, 2.75) is 78.6 Å². The first-order chi connectivity index (χ1) is 14.1. The molecule has 0 radical (unpaired) electrons. The van der Waals surface area contributed by atoms with E-state index in [0.717, 1.165) is 18.4 Å². The number of aromatic carboxylic acids is 1. The molecule has 2 N–H and O–H groups in total. The molecule has 0 aromatic heterocycles. The first-order valence-electron chi connectivity index (χ1n) is 11.4. The molecule has 164 valence electrons. The number of fused-ring (bicyclic) bond motifs is 1. The molecular formula is C27H38O3. The van der Waals surface area contributed by atoms with E-state index in [1.165, 1.54) is 61.8 Å². The molecule has 4 atom stereocenters. The van der Waals surface area contributed by atoms with Crippen LogP contribution in [-0.2, 0) is 6.42 Å². The minimum absolute atomic E-state index is 0.136. The number of phenols is 1. The Morgan fingerprint density at radius 2 is 2.00 bits per heavy atom. The highest BCUT2D eigenvalue weighted by atomic mass is 16.4. The van der Waals surface area contributed by atoms with Crippen LogP contribution in [-0.4, -0.2) is 16.2 Å². The number of hydrogen-bond donors (Lipinski definition) is 2. The summed E-state index contributed by atoms with van der Waals surface area (Å²) in [7, 11) is 0. The zero-order valence-corrected chi connectivity index (χ0v) is 19.0. The molecule has 0 spiro atoms. The van der Waals surface area contributed by atoms with Crippen molar-refractivity contribution in [1.29, 1.82) is 0 Å². The number of phenolic OH excluding ortho intramolecular Hbond substituents is 1. The fourth-order valence-electron chi connectivity index (χ4n) is 6.66. The average molecular weight is 411 g/mol. The lowest BCUT2D eigenvalue weighted by molar-refractivity contribution is -0.0658. The van der Waals surface area contributed by atoms with Gasteiger partial charge in [-0.15, -0.1) is 6.58 Å². The highest BCUT2D eigenvalue weighted by molar-refractivity contribution is 5.88. The molecule has 2 fully saturated rings. The van der Waals surface area contributed by atoms with E-state index in [-0.39, 0.29) is 22.6 Å². The van der Waals surface area contributed by atoms with Gasteiger partial charge in [0.05, 0.1) is 5.56 Å². The fourth-order valence-corrected chi connectivity index (χ4v) is 6.66. The molecule has 0 heterocycles. The smallest absolute Gasteiger partial charge is 0.335 e. The standard InChI is InChI=1S/C27H38O3/c1-18(2)8-6-13-26(4)14-7-15-27(5)22(19(3)9-12-24(26)27)17-21-16-20(25(29)30)10-11-23(21)28/h10-11,16,22,24,28H,1,3,6-9,12-15,17H2,2,4-5H3,(H,29,30)/t22-,24-,26+,27+/m1/s1. The Labute approximate surface area is 181 Å². The summed E-state index contributed by atoms with van der Waals surface area (Å²) < 4.78 is 0. The summed E-state index contributed by atoms with van der Waals surface area (Å²) in [5.41, 5.74) is 3.96. The molecule has 1 aromatic carbocycles. The Bertz CT molecular complexity index is 839. The van der Waals surface area contributed by atoms with E-state index in [4.69, 9.17) is 0 Å². The third kappa shape index (κ3) is 4.36. The summed E-state index contributed by atoms with van der Waals surface area (Å²) in [5, 5.41) is 19.8. The third-order valence-corrected chi connectivity index (χ3v) is 8.25. The van der Waals surface area contributed by atoms with E-state index in [2.05, 4.69) is 33.9 Å². The van der Waals surface area contributed by atoms with Crippen LogP contribution in [0.5, 0.6) is 5.75 Å². The van der Waals surface area contributed by atoms with Gasteiger partial charge in [-0.3, -0.25) is 0 Å². The van der Waals surface area contributed by atoms with Gasteiger partial charge in [0.15, 0.2) is 0 Å². The number of carboxylic acid groups (broad SMARTS) is 1. The van der Waals surface area contributed by atoms with Gasteiger partial charge in [0.25, 0.3) is 0 Å². The lowest BCUT2D eigenvalue weighted by Crippen LogP contribution is -2.51. The highest BCUT2D eigenvalue weighted by Gasteiger charge is 2.54. The lowest BCUT2D eigenvalue weighted by Gasteiger charge is -2.59. The van der Waals surface area contributed by atoms with E-state index < -0.39 is 5.97 Å². The van der Waals surface area contributed by atoms with Gasteiger partial charge in [-0.25, -0.2) is 4.79 Å². The minimum atomic E-state index is -0.953. The van der Waals surface area contributed by atoms with Crippen LogP contribution in [0.2, 0.25) is 0 Å². The molecule has 2 saturated carbocycles. The summed E-state index contributed by atoms with van der Waals surface area (Å²) in [4.78, 5) is 11.4. The second kappa shape index (κ2) is 8.61. The summed E-state index contributed by atoms with van der Waals surface area (Å²) in [6.07, 6.45) is 10.1. The first-order valence-corrected chi connectivity index (χ1v) is 11.4. The summed E-state index contributed by atoms with van der Waals surface area (Å²) >= 11 is 0. The van der Waals surface area contributed by atoms with Crippen molar-refractivity contribution in [1.82, 2.24) is 0 Å². The molecule has 0 unspecified atom stereocenters. The average Bonchev–Trinajstić information content (AvgIpc) is 2.65. The minimum Gasteiger partial charge on any atom is -0.508 e. The second-order valence-electron chi connectivity index (χ2n) is 10.5. The Balaban J connectivity index is 1.89. The maximum Gasteiger partial charge on any atom is 0.335 e. The summed E-state index contributed by atoms with van der Waals surface area (Å²) in [6.45, 7) is 15.5. The Kier molecular flexibility index (Phi) is 6.50. The number of rotatable bonds is 7. The lowest BCUT2D eigenvalue weighted by atomic mass is 9.46. The molecule has 3 nitrogen and oxygen atoms in total. The Morgan fingerprint density at radius 1 is 1.27 bits per heavy atom. The van der Waals surface area contributed by atoms with E-state index >= 15 is 0 Å². The zero-order chi connectivity index (χ0) is 22.1. The summed E-state index contributed by atoms with van der Waals surface area (Å²) in [6, 6.07) is 4.64. The van der Waals surface area contributed by atoms with Crippen LogP contribution >= 0.6 is 0 Å². The molecule has 0 saturated heterocycles. The van der Waals surface area contributed by atoms with Crippen LogP contribution in [0.15, 0.2) is 42.5 Å². The van der Waals surface area contributed by atoms with Crippen LogP contribution in [0.4, 0.5) is 0 Å². The van der Waals surface area contributed by atoms with E-state index in [1.54, 1.807) is 6.07 Å². The Morgan fingerprint density at radius 3 is 2.67 bits per heavy atom. The molecule has 0 bridgehead atoms. The van der Waals surface area contributed by atoms with Crippen LogP contribution < -0.4 is 0 Å². The van der Waals surface area contributed by atoms with E-state index in [9.17, 15) is 15.0 Å². The highest BCUT2D eigenvalue weighted by Crippen LogP contribution is 2.63. The molecule has 3 heteroatoms. The summed E-state index contributed by atoms with van der Waals surface area (Å²) in [5.74, 6) is 0.139. The molecule has 0 aliphatic heterocycles. The number of carboxylic acids is 1. The van der Waals surface area contributed by atoms with Crippen molar-refractivity contribution in [2.75, 3.05) is 0 Å². The van der Waals surface area contributed by atoms with E-state index in [1.807, 2.05) is 0 Å². The number of hydrogen-bond acceptors (Lipinski definition) is 2. The molecular weight excluding hydrogens is 372 g/mol.